The van der Waals surface area contributed by atoms with E-state index in [-0.39, 0.29) is 0 Å². The molecule has 1 rings (SSSR count). The van der Waals surface area contributed by atoms with E-state index in [1.165, 1.54) is 0 Å². The molecule has 0 spiro atoms. The highest BCUT2D eigenvalue weighted by Gasteiger charge is 2.16. The van der Waals surface area contributed by atoms with Crippen LogP contribution in [-0.2, 0) is 9.53 Å². The van der Waals surface area contributed by atoms with Gasteiger partial charge in [0.25, 0.3) is 0 Å². The summed E-state index contributed by atoms with van der Waals surface area (Å²) in [5.41, 5.74) is 0. The molecule has 0 amide bonds. The van der Waals surface area contributed by atoms with Crippen LogP contribution in [0.5, 0.6) is 0 Å². The lowest BCUT2D eigenvalue weighted by molar-refractivity contribution is -0.304. The van der Waals surface area contributed by atoms with Gasteiger partial charge in [0, 0.05) is 18.3 Å². The molecular formula is C8H12NO3S2-. The number of nitrogens with zero attached hydrogens (tertiary/aromatic N) is 1. The van der Waals surface area contributed by atoms with Gasteiger partial charge in [-0.2, -0.15) is 0 Å². The highest BCUT2D eigenvalue weighted by atomic mass is 32.2. The predicted molar refractivity (Wildman–Crippen MR) is 57.1 cm³/mol. The van der Waals surface area contributed by atoms with E-state index in [1.807, 2.05) is 4.90 Å². The molecule has 0 aromatic carbocycles. The van der Waals surface area contributed by atoms with Crippen molar-refractivity contribution in [2.24, 2.45) is 0 Å². The standard InChI is InChI=1S/C8H13NO3S2/c1-6(7(10)11)14-8(13)9-2-4-12-5-3-9/h6H,2-5H2,1H3,(H,10,11)/p-1/t6-/m1/s1. The maximum absolute atomic E-state index is 10.5. The molecule has 1 aliphatic heterocycles. The lowest BCUT2D eigenvalue weighted by atomic mass is 10.5. The Morgan fingerprint density at radius 3 is 2.64 bits per heavy atom. The Kier molecular flexibility index (Phi) is 4.64. The second-order valence-corrected chi connectivity index (χ2v) is 4.92. The molecule has 1 atom stereocenters. The molecule has 0 aliphatic carbocycles. The minimum Gasteiger partial charge on any atom is -0.549 e. The number of thioether (sulfide) groups is 1. The predicted octanol–water partition coefficient (Wildman–Crippen LogP) is -0.525. The zero-order chi connectivity index (χ0) is 10.6. The van der Waals surface area contributed by atoms with Crippen LogP contribution in [0.1, 0.15) is 6.92 Å². The van der Waals surface area contributed by atoms with E-state index in [4.69, 9.17) is 17.0 Å². The van der Waals surface area contributed by atoms with Gasteiger partial charge in [-0.3, -0.25) is 0 Å². The molecule has 1 fully saturated rings. The van der Waals surface area contributed by atoms with Gasteiger partial charge in [-0.1, -0.05) is 24.0 Å². The molecule has 1 saturated heterocycles. The van der Waals surface area contributed by atoms with Crippen LogP contribution in [-0.4, -0.2) is 46.7 Å². The average Bonchev–Trinajstić information content (AvgIpc) is 2.19. The molecular weight excluding hydrogens is 222 g/mol. The molecule has 4 nitrogen and oxygen atoms in total. The number of thiocarbonyl (C=S) groups is 1. The maximum atomic E-state index is 10.5. The van der Waals surface area contributed by atoms with E-state index in [0.29, 0.717) is 17.5 Å². The molecule has 0 N–H and O–H groups in total. The summed E-state index contributed by atoms with van der Waals surface area (Å²) in [6.07, 6.45) is 0. The SMILES string of the molecule is C[C@@H](SC(=S)N1CCOCC1)C(=O)[O-]. The third-order valence-corrected chi connectivity index (χ3v) is 3.43. The fourth-order valence-electron chi connectivity index (χ4n) is 1.02. The summed E-state index contributed by atoms with van der Waals surface area (Å²) in [7, 11) is 0. The third-order valence-electron chi connectivity index (χ3n) is 1.88. The van der Waals surface area contributed by atoms with Crippen LogP contribution < -0.4 is 5.11 Å². The van der Waals surface area contributed by atoms with Gasteiger partial charge in [0.2, 0.25) is 0 Å². The van der Waals surface area contributed by atoms with Crippen LogP contribution in [0.15, 0.2) is 0 Å². The van der Waals surface area contributed by atoms with Crippen LogP contribution in [0.25, 0.3) is 0 Å². The minimum absolute atomic E-state index is 0.592. The molecule has 0 aromatic heterocycles. The van der Waals surface area contributed by atoms with Gasteiger partial charge < -0.3 is 19.5 Å². The summed E-state index contributed by atoms with van der Waals surface area (Å²) in [6.45, 7) is 4.37. The summed E-state index contributed by atoms with van der Waals surface area (Å²) in [6, 6.07) is 0. The van der Waals surface area contributed by atoms with Crippen LogP contribution in [0.3, 0.4) is 0 Å². The first-order valence-corrected chi connectivity index (χ1v) is 5.64. The number of hydrogen-bond donors (Lipinski definition) is 0. The summed E-state index contributed by atoms with van der Waals surface area (Å²) in [4.78, 5) is 12.4. The van der Waals surface area contributed by atoms with Gasteiger partial charge in [-0.05, 0) is 6.92 Å². The average molecular weight is 234 g/mol. The first kappa shape index (κ1) is 11.7. The number of carboxylic acids is 1. The van der Waals surface area contributed by atoms with Gasteiger partial charge in [0.15, 0.2) is 0 Å². The Balaban J connectivity index is 2.36. The van der Waals surface area contributed by atoms with Crippen molar-refractivity contribution in [3.05, 3.63) is 0 Å². The smallest absolute Gasteiger partial charge is 0.137 e. The van der Waals surface area contributed by atoms with Gasteiger partial charge in [0.1, 0.15) is 4.32 Å². The third kappa shape index (κ3) is 3.43. The van der Waals surface area contributed by atoms with Gasteiger partial charge in [-0.25, -0.2) is 0 Å². The molecule has 0 unspecified atom stereocenters. The first-order chi connectivity index (χ1) is 6.61. The number of carbonyl (C=O) groups excluding carboxylic acids is 1. The summed E-state index contributed by atoms with van der Waals surface area (Å²) in [5, 5.41) is 9.89. The minimum atomic E-state index is -1.08. The zero-order valence-electron chi connectivity index (χ0n) is 7.89. The van der Waals surface area contributed by atoms with Crippen molar-refractivity contribution in [3.63, 3.8) is 0 Å². The Morgan fingerprint density at radius 1 is 1.57 bits per heavy atom. The van der Waals surface area contributed by atoms with Crippen LogP contribution >= 0.6 is 24.0 Å². The summed E-state index contributed by atoms with van der Waals surface area (Å²) >= 11 is 6.27. The number of carbonyl (C=O) groups is 1. The van der Waals surface area contributed by atoms with Crippen LogP contribution in [0, 0.1) is 0 Å². The highest BCUT2D eigenvalue weighted by Crippen LogP contribution is 2.16. The van der Waals surface area contributed by atoms with Crippen molar-refractivity contribution in [2.75, 3.05) is 26.3 Å². The van der Waals surface area contributed by atoms with Crippen LogP contribution in [0.4, 0.5) is 0 Å². The Bertz CT molecular complexity index is 229. The van der Waals surface area contributed by atoms with Crippen molar-refractivity contribution >= 4 is 34.3 Å². The quantitative estimate of drug-likeness (QED) is 0.599. The van der Waals surface area contributed by atoms with Crippen LogP contribution in [0.2, 0.25) is 0 Å². The number of aliphatic carboxylic acids is 1. The second kappa shape index (κ2) is 5.53. The molecule has 6 heteroatoms. The lowest BCUT2D eigenvalue weighted by Crippen LogP contribution is -2.40. The lowest BCUT2D eigenvalue weighted by Gasteiger charge is -2.29. The second-order valence-electron chi connectivity index (χ2n) is 2.94. The Hall–Kier alpha value is -0.330. The highest BCUT2D eigenvalue weighted by molar-refractivity contribution is 8.23. The number of rotatable bonds is 2. The van der Waals surface area contributed by atoms with E-state index >= 15 is 0 Å². The molecule has 0 saturated carbocycles. The van der Waals surface area contributed by atoms with Crippen molar-refractivity contribution in [1.82, 2.24) is 4.90 Å². The fourth-order valence-corrected chi connectivity index (χ4v) is 2.37. The van der Waals surface area contributed by atoms with E-state index in [1.54, 1.807) is 6.92 Å². The van der Waals surface area contributed by atoms with E-state index in [0.717, 1.165) is 24.9 Å². The normalized spacial score (nSPS) is 19.1. The monoisotopic (exact) mass is 234 g/mol. The van der Waals surface area contributed by atoms with Crippen molar-refractivity contribution in [3.8, 4) is 0 Å². The topological polar surface area (TPSA) is 52.6 Å². The van der Waals surface area contributed by atoms with E-state index in [2.05, 4.69) is 0 Å². The molecule has 80 valence electrons. The van der Waals surface area contributed by atoms with E-state index < -0.39 is 11.2 Å². The number of hydrogen-bond acceptors (Lipinski definition) is 5. The molecule has 0 aromatic rings. The van der Waals surface area contributed by atoms with Crippen molar-refractivity contribution in [1.29, 1.82) is 0 Å². The first-order valence-electron chi connectivity index (χ1n) is 4.35. The zero-order valence-corrected chi connectivity index (χ0v) is 9.53. The van der Waals surface area contributed by atoms with Gasteiger partial charge in [0.05, 0.1) is 19.2 Å². The molecule has 14 heavy (non-hydrogen) atoms. The summed E-state index contributed by atoms with van der Waals surface area (Å²) in [5.74, 6) is -1.08. The summed E-state index contributed by atoms with van der Waals surface area (Å²) < 4.78 is 5.78. The Labute approximate surface area is 92.6 Å². The fraction of sp³-hybridized carbons (Fsp3) is 0.750. The maximum Gasteiger partial charge on any atom is 0.137 e. The van der Waals surface area contributed by atoms with Gasteiger partial charge >= 0.3 is 0 Å². The Morgan fingerprint density at radius 2 is 2.14 bits per heavy atom. The molecule has 1 heterocycles. The molecule has 1 aliphatic rings. The molecule has 0 bridgehead atoms. The number of morpholine rings is 1. The van der Waals surface area contributed by atoms with Crippen molar-refractivity contribution < 1.29 is 14.6 Å². The molecule has 0 radical (unpaired) electrons. The number of ether oxygens (including phenoxy) is 1. The van der Waals surface area contributed by atoms with Crippen molar-refractivity contribution in [2.45, 2.75) is 12.2 Å². The number of carboxylic acid groups (broad SMARTS) is 1. The van der Waals surface area contributed by atoms with Gasteiger partial charge in [-0.15, -0.1) is 0 Å². The van der Waals surface area contributed by atoms with E-state index in [9.17, 15) is 9.90 Å². The largest absolute Gasteiger partial charge is 0.549 e.